The number of benzene rings is 1. The van der Waals surface area contributed by atoms with Gasteiger partial charge in [-0.3, -0.25) is 0 Å². The van der Waals surface area contributed by atoms with Gasteiger partial charge in [-0.15, -0.1) is 22.7 Å². The lowest BCUT2D eigenvalue weighted by Gasteiger charge is -2.13. The lowest BCUT2D eigenvalue weighted by molar-refractivity contribution is 0.179. The first-order valence-electron chi connectivity index (χ1n) is 7.36. The van der Waals surface area contributed by atoms with E-state index >= 15 is 0 Å². The summed E-state index contributed by atoms with van der Waals surface area (Å²) < 4.78 is 1.25. The zero-order chi connectivity index (χ0) is 15.5. The second kappa shape index (κ2) is 6.87. The summed E-state index contributed by atoms with van der Waals surface area (Å²) in [7, 11) is 4.16. The topological polar surface area (TPSA) is 36.4 Å². The maximum Gasteiger partial charge on any atom is 0.0954 e. The predicted octanol–water partition coefficient (Wildman–Crippen LogP) is 3.74. The van der Waals surface area contributed by atoms with E-state index in [0.717, 1.165) is 23.5 Å². The van der Waals surface area contributed by atoms with Gasteiger partial charge in [-0.1, -0.05) is 18.2 Å². The zero-order valence-electron chi connectivity index (χ0n) is 12.8. The summed E-state index contributed by atoms with van der Waals surface area (Å²) in [5.74, 6) is 0. The van der Waals surface area contributed by atoms with E-state index in [1.807, 2.05) is 11.4 Å². The van der Waals surface area contributed by atoms with Crippen molar-refractivity contribution < 1.29 is 5.11 Å². The molecule has 3 aromatic rings. The standard InChI is InChI=1S/C17H20N2OS2/c1-19(2)9-7-15-17(12-5-3-4-6-14(12)22-15)13(20)11-16-18-8-10-21-16/h3-6,8,10,13,20H,7,9,11H2,1-2H3. The third kappa shape index (κ3) is 3.38. The Kier molecular flexibility index (Phi) is 4.88. The molecule has 0 aliphatic rings. The summed E-state index contributed by atoms with van der Waals surface area (Å²) >= 11 is 3.41. The number of aliphatic hydroxyl groups excluding tert-OH is 1. The van der Waals surface area contributed by atoms with E-state index in [4.69, 9.17) is 0 Å². The molecule has 0 aliphatic heterocycles. The summed E-state index contributed by atoms with van der Waals surface area (Å²) in [5, 5.41) is 14.9. The molecule has 1 atom stereocenters. The summed E-state index contributed by atoms with van der Waals surface area (Å²) in [6.07, 6.45) is 2.87. The fraction of sp³-hybridized carbons (Fsp3) is 0.353. The van der Waals surface area contributed by atoms with Crippen LogP contribution in [-0.4, -0.2) is 35.6 Å². The second-order valence-electron chi connectivity index (χ2n) is 5.63. The van der Waals surface area contributed by atoms with E-state index in [-0.39, 0.29) is 0 Å². The molecular weight excluding hydrogens is 312 g/mol. The van der Waals surface area contributed by atoms with Gasteiger partial charge in [0, 0.05) is 39.7 Å². The van der Waals surface area contributed by atoms with Crippen LogP contribution in [0.4, 0.5) is 0 Å². The number of rotatable bonds is 6. The van der Waals surface area contributed by atoms with Crippen LogP contribution in [-0.2, 0) is 12.8 Å². The predicted molar refractivity (Wildman–Crippen MR) is 94.9 cm³/mol. The Morgan fingerprint density at radius 3 is 2.82 bits per heavy atom. The molecular formula is C17H20N2OS2. The fourth-order valence-electron chi connectivity index (χ4n) is 2.61. The van der Waals surface area contributed by atoms with E-state index in [9.17, 15) is 5.11 Å². The van der Waals surface area contributed by atoms with Gasteiger partial charge < -0.3 is 10.0 Å². The number of hydrogen-bond acceptors (Lipinski definition) is 5. The Morgan fingerprint density at radius 2 is 2.09 bits per heavy atom. The monoisotopic (exact) mass is 332 g/mol. The summed E-state index contributed by atoms with van der Waals surface area (Å²) in [5.41, 5.74) is 1.10. The third-order valence-corrected chi connectivity index (χ3v) is 5.73. The SMILES string of the molecule is CN(C)CCc1sc2ccccc2c1C(O)Cc1nccs1. The molecule has 0 amide bonds. The number of hydrogen-bond donors (Lipinski definition) is 1. The van der Waals surface area contributed by atoms with Crippen molar-refractivity contribution in [3.63, 3.8) is 0 Å². The van der Waals surface area contributed by atoms with Crippen molar-refractivity contribution in [2.45, 2.75) is 18.9 Å². The normalized spacial score (nSPS) is 13.1. The first kappa shape index (κ1) is 15.6. The van der Waals surface area contributed by atoms with Crippen LogP contribution in [0.25, 0.3) is 10.1 Å². The summed E-state index contributed by atoms with van der Waals surface area (Å²) in [6, 6.07) is 8.36. The van der Waals surface area contributed by atoms with Crippen molar-refractivity contribution in [1.82, 2.24) is 9.88 Å². The Labute approximate surface area is 138 Å². The van der Waals surface area contributed by atoms with Crippen LogP contribution in [0.5, 0.6) is 0 Å². The van der Waals surface area contributed by atoms with Crippen LogP contribution in [0.15, 0.2) is 35.8 Å². The van der Waals surface area contributed by atoms with E-state index < -0.39 is 6.10 Å². The van der Waals surface area contributed by atoms with Gasteiger partial charge in [0.2, 0.25) is 0 Å². The molecule has 3 nitrogen and oxygen atoms in total. The van der Waals surface area contributed by atoms with E-state index in [1.54, 1.807) is 28.9 Å². The van der Waals surface area contributed by atoms with Crippen LogP contribution < -0.4 is 0 Å². The molecule has 1 unspecified atom stereocenters. The van der Waals surface area contributed by atoms with Crippen LogP contribution in [0.3, 0.4) is 0 Å². The molecule has 0 spiro atoms. The lowest BCUT2D eigenvalue weighted by atomic mass is 10.0. The van der Waals surface area contributed by atoms with Crippen molar-refractivity contribution in [2.24, 2.45) is 0 Å². The van der Waals surface area contributed by atoms with Gasteiger partial charge in [0.25, 0.3) is 0 Å². The van der Waals surface area contributed by atoms with E-state index in [0.29, 0.717) is 6.42 Å². The average molecular weight is 332 g/mol. The van der Waals surface area contributed by atoms with E-state index in [2.05, 4.69) is 42.2 Å². The number of aromatic nitrogens is 1. The number of fused-ring (bicyclic) bond motifs is 1. The minimum Gasteiger partial charge on any atom is -0.388 e. The molecule has 1 N–H and O–H groups in total. The zero-order valence-corrected chi connectivity index (χ0v) is 14.5. The maximum absolute atomic E-state index is 10.8. The van der Waals surface area contributed by atoms with Crippen LogP contribution >= 0.6 is 22.7 Å². The number of nitrogens with zero attached hydrogens (tertiary/aromatic N) is 2. The molecule has 22 heavy (non-hydrogen) atoms. The molecule has 0 radical (unpaired) electrons. The number of thiophene rings is 1. The summed E-state index contributed by atoms with van der Waals surface area (Å²) in [6.45, 7) is 0.990. The highest BCUT2D eigenvalue weighted by Crippen LogP contribution is 2.37. The largest absolute Gasteiger partial charge is 0.388 e. The number of aliphatic hydroxyl groups is 1. The third-order valence-electron chi connectivity index (χ3n) is 3.68. The Balaban J connectivity index is 1.95. The van der Waals surface area contributed by atoms with E-state index in [1.165, 1.54) is 15.0 Å². The van der Waals surface area contributed by atoms with Crippen molar-refractivity contribution in [3.05, 3.63) is 51.3 Å². The molecule has 0 aliphatic carbocycles. The first-order valence-corrected chi connectivity index (χ1v) is 9.06. The van der Waals surface area contributed by atoms with Crippen LogP contribution in [0.2, 0.25) is 0 Å². The molecule has 3 rings (SSSR count). The minimum absolute atomic E-state index is 0.487. The maximum atomic E-state index is 10.8. The van der Waals surface area contributed by atoms with Gasteiger partial charge in [-0.05, 0) is 32.0 Å². The van der Waals surface area contributed by atoms with Crippen molar-refractivity contribution in [2.75, 3.05) is 20.6 Å². The molecule has 0 saturated carbocycles. The van der Waals surface area contributed by atoms with Gasteiger partial charge in [0.15, 0.2) is 0 Å². The Bertz CT molecular complexity index is 734. The van der Waals surface area contributed by atoms with Gasteiger partial charge in [0.05, 0.1) is 11.1 Å². The van der Waals surface area contributed by atoms with Crippen molar-refractivity contribution >= 4 is 32.8 Å². The molecule has 2 aromatic heterocycles. The highest BCUT2D eigenvalue weighted by atomic mass is 32.1. The Hall–Kier alpha value is -1.27. The van der Waals surface area contributed by atoms with Crippen LogP contribution in [0, 0.1) is 0 Å². The van der Waals surface area contributed by atoms with Gasteiger partial charge in [0.1, 0.15) is 0 Å². The summed E-state index contributed by atoms with van der Waals surface area (Å²) in [4.78, 5) is 7.78. The van der Waals surface area contributed by atoms with Crippen molar-refractivity contribution in [3.8, 4) is 0 Å². The first-order chi connectivity index (χ1) is 10.6. The highest BCUT2D eigenvalue weighted by Gasteiger charge is 2.20. The minimum atomic E-state index is -0.487. The molecule has 0 saturated heterocycles. The number of thiazole rings is 1. The number of likely N-dealkylation sites (N-methyl/N-ethyl adjacent to an activating group) is 1. The van der Waals surface area contributed by atoms with Gasteiger partial charge >= 0.3 is 0 Å². The molecule has 0 bridgehead atoms. The van der Waals surface area contributed by atoms with Crippen LogP contribution in [0.1, 0.15) is 21.6 Å². The Morgan fingerprint density at radius 1 is 1.27 bits per heavy atom. The quantitative estimate of drug-likeness (QED) is 0.747. The molecule has 5 heteroatoms. The smallest absolute Gasteiger partial charge is 0.0954 e. The molecule has 2 heterocycles. The van der Waals surface area contributed by atoms with Gasteiger partial charge in [-0.25, -0.2) is 4.98 Å². The lowest BCUT2D eigenvalue weighted by Crippen LogP contribution is -2.15. The molecule has 0 fully saturated rings. The highest BCUT2D eigenvalue weighted by molar-refractivity contribution is 7.19. The molecule has 1 aromatic carbocycles. The van der Waals surface area contributed by atoms with Gasteiger partial charge in [-0.2, -0.15) is 0 Å². The second-order valence-corrected chi connectivity index (χ2v) is 7.75. The molecule has 116 valence electrons. The van der Waals surface area contributed by atoms with Crippen molar-refractivity contribution in [1.29, 1.82) is 0 Å². The fourth-order valence-corrected chi connectivity index (χ4v) is 4.52. The average Bonchev–Trinajstić information content (AvgIpc) is 3.11.